The molecule has 3 aliphatic rings. The van der Waals surface area contributed by atoms with Gasteiger partial charge in [0.05, 0.1) is 17.5 Å². The fourth-order valence-corrected chi connectivity index (χ4v) is 7.46. The Balaban J connectivity index is 1.30. The van der Waals surface area contributed by atoms with Crippen molar-refractivity contribution in [2.24, 2.45) is 5.92 Å². The molecule has 0 bridgehead atoms. The van der Waals surface area contributed by atoms with Crippen LogP contribution in [0.15, 0.2) is 60.7 Å². The highest BCUT2D eigenvalue weighted by molar-refractivity contribution is 5.98. The molecule has 232 valence electrons. The van der Waals surface area contributed by atoms with Gasteiger partial charge in [0.2, 0.25) is 5.91 Å². The molecule has 0 saturated carbocycles. The summed E-state index contributed by atoms with van der Waals surface area (Å²) in [6, 6.07) is 19.3. The largest absolute Gasteiger partial charge is 0.371 e. The van der Waals surface area contributed by atoms with E-state index in [1.165, 1.54) is 42.9 Å². The summed E-state index contributed by atoms with van der Waals surface area (Å²) in [5.74, 6) is -1.46. The highest BCUT2D eigenvalue weighted by Gasteiger charge is 2.40. The lowest BCUT2D eigenvalue weighted by atomic mass is 9.83. The number of anilines is 2. The number of piperidine rings is 1. The van der Waals surface area contributed by atoms with Crippen LogP contribution >= 0.6 is 0 Å². The summed E-state index contributed by atoms with van der Waals surface area (Å²) in [5.41, 5.74) is 5.95. The summed E-state index contributed by atoms with van der Waals surface area (Å²) >= 11 is 0. The van der Waals surface area contributed by atoms with Crippen LogP contribution in [0.2, 0.25) is 0 Å². The average molecular weight is 597 g/mol. The molecule has 7 heteroatoms. The standard InChI is InChI=1S/C37H45FN4O2/c1-25-13-18-30(23-33(25)40-19-4-5-20-40)39-36(43)31-11-8-22-42(37(44)34-26(2)9-6-12-32(34)38)35(31)29-16-14-28(15-17-29)24-41-21-7-10-27(41)3/h6,9,12-18,23,27,31,35H,4-5,7-8,10-11,19-22,24H2,1-3H3,(H,39,43)/t27-,31-,35-/m0/s1. The van der Waals surface area contributed by atoms with Crippen LogP contribution in [0.4, 0.5) is 15.8 Å². The molecule has 3 aromatic rings. The van der Waals surface area contributed by atoms with Gasteiger partial charge in [-0.2, -0.15) is 0 Å². The van der Waals surface area contributed by atoms with Gasteiger partial charge in [-0.1, -0.05) is 42.5 Å². The normalized spacial score (nSPS) is 22.4. The van der Waals surface area contributed by atoms with E-state index >= 15 is 4.39 Å². The van der Waals surface area contributed by atoms with Crippen molar-refractivity contribution in [3.8, 4) is 0 Å². The van der Waals surface area contributed by atoms with Crippen LogP contribution in [-0.2, 0) is 11.3 Å². The van der Waals surface area contributed by atoms with Gasteiger partial charge in [0.1, 0.15) is 5.82 Å². The van der Waals surface area contributed by atoms with Gasteiger partial charge >= 0.3 is 0 Å². The summed E-state index contributed by atoms with van der Waals surface area (Å²) < 4.78 is 15.1. The summed E-state index contributed by atoms with van der Waals surface area (Å²) in [6.07, 6.45) is 6.14. The fourth-order valence-electron chi connectivity index (χ4n) is 7.46. The molecule has 2 amide bonds. The molecule has 0 aromatic heterocycles. The zero-order valence-corrected chi connectivity index (χ0v) is 26.3. The number of hydrogen-bond acceptors (Lipinski definition) is 4. The van der Waals surface area contributed by atoms with E-state index in [1.54, 1.807) is 24.0 Å². The van der Waals surface area contributed by atoms with Crippen LogP contribution in [-0.4, -0.2) is 53.8 Å². The molecule has 44 heavy (non-hydrogen) atoms. The summed E-state index contributed by atoms with van der Waals surface area (Å²) in [6.45, 7) is 10.7. The lowest BCUT2D eigenvalue weighted by Crippen LogP contribution is -2.46. The van der Waals surface area contributed by atoms with Crippen molar-refractivity contribution in [1.82, 2.24) is 9.80 Å². The molecule has 0 unspecified atom stereocenters. The number of amides is 2. The molecule has 1 N–H and O–H groups in total. The molecule has 3 heterocycles. The van der Waals surface area contributed by atoms with Gasteiger partial charge < -0.3 is 15.1 Å². The smallest absolute Gasteiger partial charge is 0.257 e. The first-order valence-corrected chi connectivity index (χ1v) is 16.4. The number of aryl methyl sites for hydroxylation is 2. The maximum atomic E-state index is 15.1. The van der Waals surface area contributed by atoms with Crippen molar-refractivity contribution < 1.29 is 14.0 Å². The van der Waals surface area contributed by atoms with Crippen molar-refractivity contribution >= 4 is 23.2 Å². The maximum absolute atomic E-state index is 15.1. The quantitative estimate of drug-likeness (QED) is 0.312. The maximum Gasteiger partial charge on any atom is 0.257 e. The van der Waals surface area contributed by atoms with Crippen LogP contribution in [0, 0.1) is 25.6 Å². The van der Waals surface area contributed by atoms with Gasteiger partial charge in [-0.25, -0.2) is 4.39 Å². The molecule has 3 atom stereocenters. The SMILES string of the molecule is Cc1ccc(NC(=O)[C@H]2CCCN(C(=O)c3c(C)cccc3F)[C@H]2c2ccc(CN3CCC[C@@H]3C)cc2)cc1N1CCCC1. The molecule has 0 aliphatic carbocycles. The molecule has 6 nitrogen and oxygen atoms in total. The highest BCUT2D eigenvalue weighted by Crippen LogP contribution is 2.39. The number of rotatable bonds is 7. The molecule has 3 aliphatic heterocycles. The molecular weight excluding hydrogens is 551 g/mol. The van der Waals surface area contributed by atoms with Gasteiger partial charge in [0, 0.05) is 43.6 Å². The molecular formula is C37H45FN4O2. The number of carbonyl (C=O) groups is 2. The first-order chi connectivity index (χ1) is 21.3. The van der Waals surface area contributed by atoms with E-state index in [0.717, 1.165) is 43.1 Å². The number of likely N-dealkylation sites (tertiary alicyclic amines) is 2. The Labute approximate surface area is 261 Å². The van der Waals surface area contributed by atoms with E-state index in [1.807, 2.05) is 6.07 Å². The Morgan fingerprint density at radius 1 is 0.864 bits per heavy atom. The Kier molecular flexibility index (Phi) is 9.03. The Bertz CT molecular complexity index is 1480. The summed E-state index contributed by atoms with van der Waals surface area (Å²) in [4.78, 5) is 34.8. The lowest BCUT2D eigenvalue weighted by molar-refractivity contribution is -0.123. The minimum Gasteiger partial charge on any atom is -0.371 e. The number of hydrogen-bond donors (Lipinski definition) is 1. The third-order valence-corrected chi connectivity index (χ3v) is 9.99. The first-order valence-electron chi connectivity index (χ1n) is 16.4. The Morgan fingerprint density at radius 2 is 1.61 bits per heavy atom. The van der Waals surface area contributed by atoms with Crippen molar-refractivity contribution in [3.63, 3.8) is 0 Å². The minimum absolute atomic E-state index is 0.0898. The van der Waals surface area contributed by atoms with Gasteiger partial charge in [-0.05, 0) is 106 Å². The molecule has 3 fully saturated rings. The Morgan fingerprint density at radius 3 is 2.32 bits per heavy atom. The molecule has 0 radical (unpaired) electrons. The topological polar surface area (TPSA) is 55.9 Å². The third-order valence-electron chi connectivity index (χ3n) is 9.99. The second-order valence-electron chi connectivity index (χ2n) is 13.0. The number of nitrogens with one attached hydrogen (secondary N) is 1. The monoisotopic (exact) mass is 596 g/mol. The number of nitrogens with zero attached hydrogens (tertiary/aromatic N) is 3. The summed E-state index contributed by atoms with van der Waals surface area (Å²) in [7, 11) is 0. The first kappa shape index (κ1) is 30.3. The second kappa shape index (κ2) is 13.1. The molecule has 6 rings (SSSR count). The van der Waals surface area contributed by atoms with Crippen LogP contribution in [0.3, 0.4) is 0 Å². The second-order valence-corrected chi connectivity index (χ2v) is 13.0. The van der Waals surface area contributed by atoms with Gasteiger partial charge in [-0.15, -0.1) is 0 Å². The van der Waals surface area contributed by atoms with Crippen LogP contribution in [0.1, 0.15) is 84.1 Å². The van der Waals surface area contributed by atoms with Crippen LogP contribution in [0.5, 0.6) is 0 Å². The molecule has 3 saturated heterocycles. The predicted octanol–water partition coefficient (Wildman–Crippen LogP) is 7.26. The fraction of sp³-hybridized carbons (Fsp3) is 0.459. The zero-order chi connectivity index (χ0) is 30.8. The molecule has 3 aromatic carbocycles. The van der Waals surface area contributed by atoms with E-state index < -0.39 is 17.8 Å². The van der Waals surface area contributed by atoms with E-state index in [-0.39, 0.29) is 17.4 Å². The van der Waals surface area contributed by atoms with Gasteiger partial charge in [-0.3, -0.25) is 14.5 Å². The number of carbonyl (C=O) groups excluding carboxylic acids is 2. The minimum atomic E-state index is -0.524. The van der Waals surface area contributed by atoms with E-state index in [2.05, 4.69) is 65.4 Å². The van der Waals surface area contributed by atoms with E-state index in [9.17, 15) is 9.59 Å². The van der Waals surface area contributed by atoms with Gasteiger partial charge in [0.15, 0.2) is 0 Å². The van der Waals surface area contributed by atoms with Crippen LogP contribution in [0.25, 0.3) is 0 Å². The number of halogens is 1. The third kappa shape index (κ3) is 6.25. The van der Waals surface area contributed by atoms with Crippen molar-refractivity contribution in [3.05, 3.63) is 94.3 Å². The van der Waals surface area contributed by atoms with Gasteiger partial charge in [0.25, 0.3) is 5.91 Å². The zero-order valence-electron chi connectivity index (χ0n) is 26.3. The molecule has 0 spiro atoms. The predicted molar refractivity (Wildman–Crippen MR) is 174 cm³/mol. The highest BCUT2D eigenvalue weighted by atomic mass is 19.1. The average Bonchev–Trinajstić information content (AvgIpc) is 3.70. The Hall–Kier alpha value is -3.71. The van der Waals surface area contributed by atoms with Crippen molar-refractivity contribution in [2.45, 2.75) is 77.9 Å². The van der Waals surface area contributed by atoms with E-state index in [0.29, 0.717) is 31.0 Å². The van der Waals surface area contributed by atoms with E-state index in [4.69, 9.17) is 0 Å². The van der Waals surface area contributed by atoms with Crippen molar-refractivity contribution in [2.75, 3.05) is 36.4 Å². The van der Waals surface area contributed by atoms with Crippen LogP contribution < -0.4 is 10.2 Å². The number of benzene rings is 3. The van der Waals surface area contributed by atoms with Crippen molar-refractivity contribution in [1.29, 1.82) is 0 Å². The summed E-state index contributed by atoms with van der Waals surface area (Å²) in [5, 5.41) is 3.20. The lowest BCUT2D eigenvalue weighted by Gasteiger charge is -2.41.